The number of aliphatic imine (C=N–C) groups is 1. The van der Waals surface area contributed by atoms with Crippen LogP contribution in [0.15, 0.2) is 58.1 Å². The van der Waals surface area contributed by atoms with Crippen LogP contribution in [0.3, 0.4) is 0 Å². The second-order valence-corrected chi connectivity index (χ2v) is 8.20. The van der Waals surface area contributed by atoms with Gasteiger partial charge >= 0.3 is 0 Å². The molecule has 0 radical (unpaired) electrons. The zero-order valence-electron chi connectivity index (χ0n) is 16.8. The predicted molar refractivity (Wildman–Crippen MR) is 113 cm³/mol. The molecule has 28 heavy (non-hydrogen) atoms. The van der Waals surface area contributed by atoms with Crippen molar-refractivity contribution in [2.75, 3.05) is 19.6 Å². The van der Waals surface area contributed by atoms with E-state index in [2.05, 4.69) is 52.8 Å². The Morgan fingerprint density at radius 3 is 2.57 bits per heavy atom. The van der Waals surface area contributed by atoms with Crippen molar-refractivity contribution < 1.29 is 4.42 Å². The number of rotatable bonds is 7. The average molecular weight is 381 g/mol. The van der Waals surface area contributed by atoms with Gasteiger partial charge in [-0.05, 0) is 42.9 Å². The number of furan rings is 1. The molecule has 2 unspecified atom stereocenters. The smallest absolute Gasteiger partial charge is 0.191 e. The van der Waals surface area contributed by atoms with Crippen molar-refractivity contribution in [3.05, 3.63) is 60.1 Å². The van der Waals surface area contributed by atoms with Crippen molar-refractivity contribution in [1.29, 1.82) is 0 Å². The lowest BCUT2D eigenvalue weighted by molar-refractivity contribution is 0.198. The van der Waals surface area contributed by atoms with Gasteiger partial charge in [0.2, 0.25) is 0 Å². The number of guanidine groups is 1. The fraction of sp³-hybridized carbons (Fsp3) is 0.522. The van der Waals surface area contributed by atoms with Crippen LogP contribution in [0.25, 0.3) is 0 Å². The molecule has 2 N–H and O–H groups in total. The summed E-state index contributed by atoms with van der Waals surface area (Å²) < 4.78 is 5.42. The Morgan fingerprint density at radius 2 is 1.89 bits per heavy atom. The van der Waals surface area contributed by atoms with Crippen molar-refractivity contribution in [2.24, 2.45) is 10.9 Å². The quantitative estimate of drug-likeness (QED) is 0.571. The molecule has 5 nitrogen and oxygen atoms in total. The second-order valence-electron chi connectivity index (χ2n) is 8.20. The van der Waals surface area contributed by atoms with Gasteiger partial charge in [-0.2, -0.15) is 0 Å². The Morgan fingerprint density at radius 1 is 1.11 bits per heavy atom. The summed E-state index contributed by atoms with van der Waals surface area (Å²) in [5.74, 6) is 2.73. The van der Waals surface area contributed by atoms with Gasteiger partial charge in [-0.3, -0.25) is 9.89 Å². The van der Waals surface area contributed by atoms with Crippen LogP contribution in [0, 0.1) is 5.92 Å². The molecule has 1 aliphatic heterocycles. The lowest BCUT2D eigenvalue weighted by Gasteiger charge is -2.33. The van der Waals surface area contributed by atoms with E-state index in [0.717, 1.165) is 63.1 Å². The summed E-state index contributed by atoms with van der Waals surface area (Å²) in [7, 11) is 0. The van der Waals surface area contributed by atoms with Gasteiger partial charge in [0.25, 0.3) is 0 Å². The Balaban J connectivity index is 1.26. The molecular weight excluding hydrogens is 348 g/mol. The second kappa shape index (κ2) is 9.28. The molecule has 2 heterocycles. The van der Waals surface area contributed by atoms with Crippen molar-refractivity contribution in [2.45, 2.75) is 51.2 Å². The van der Waals surface area contributed by atoms with Crippen LogP contribution in [-0.4, -0.2) is 42.6 Å². The Kier molecular flexibility index (Phi) is 6.32. The predicted octanol–water partition coefficient (Wildman–Crippen LogP) is 3.43. The van der Waals surface area contributed by atoms with Crippen LogP contribution in [0.5, 0.6) is 0 Å². The molecule has 1 aromatic carbocycles. The van der Waals surface area contributed by atoms with E-state index in [1.165, 1.54) is 12.0 Å². The van der Waals surface area contributed by atoms with E-state index >= 15 is 0 Å². The van der Waals surface area contributed by atoms with Crippen LogP contribution < -0.4 is 10.6 Å². The highest BCUT2D eigenvalue weighted by Crippen LogP contribution is 2.28. The number of hydrogen-bond donors (Lipinski definition) is 2. The van der Waals surface area contributed by atoms with Gasteiger partial charge in [-0.15, -0.1) is 0 Å². The molecule has 2 fully saturated rings. The first-order valence-corrected chi connectivity index (χ1v) is 10.6. The maximum absolute atomic E-state index is 5.42. The summed E-state index contributed by atoms with van der Waals surface area (Å²) in [4.78, 5) is 7.37. The molecule has 2 aromatic rings. The van der Waals surface area contributed by atoms with Crippen LogP contribution in [0.2, 0.25) is 0 Å². The van der Waals surface area contributed by atoms with E-state index < -0.39 is 0 Å². The molecule has 1 saturated heterocycles. The number of hydrogen-bond acceptors (Lipinski definition) is 3. The van der Waals surface area contributed by atoms with E-state index in [1.807, 2.05) is 12.1 Å². The fourth-order valence-electron chi connectivity index (χ4n) is 3.83. The first-order valence-electron chi connectivity index (χ1n) is 10.6. The molecule has 0 bridgehead atoms. The third kappa shape index (κ3) is 5.61. The zero-order chi connectivity index (χ0) is 19.2. The summed E-state index contributed by atoms with van der Waals surface area (Å²) in [5, 5.41) is 7.31. The minimum Gasteiger partial charge on any atom is -0.469 e. The summed E-state index contributed by atoms with van der Waals surface area (Å²) in [6, 6.07) is 15.8. The fourth-order valence-corrected chi connectivity index (χ4v) is 3.83. The molecule has 4 rings (SSSR count). The lowest BCUT2D eigenvalue weighted by Crippen LogP contribution is -2.49. The van der Waals surface area contributed by atoms with Crippen molar-refractivity contribution in [3.8, 4) is 0 Å². The summed E-state index contributed by atoms with van der Waals surface area (Å²) >= 11 is 0. The van der Waals surface area contributed by atoms with Gasteiger partial charge in [0, 0.05) is 44.7 Å². The lowest BCUT2D eigenvalue weighted by atomic mass is 10.0. The monoisotopic (exact) mass is 380 g/mol. The maximum Gasteiger partial charge on any atom is 0.191 e. The molecule has 150 valence electrons. The highest BCUT2D eigenvalue weighted by atomic mass is 16.3. The molecule has 1 aliphatic carbocycles. The third-order valence-electron chi connectivity index (χ3n) is 5.82. The minimum absolute atomic E-state index is 0.496. The van der Waals surface area contributed by atoms with Crippen LogP contribution in [0.4, 0.5) is 0 Å². The normalized spacial score (nSPS) is 23.5. The standard InChI is InChI=1S/C23H32N4O/c1-18-16-22(18)26-23(24-12-9-21-8-5-15-28-21)25-20-10-13-27(14-11-20)17-19-6-3-2-4-7-19/h2-8,15,18,20,22H,9-14,16-17H2,1H3,(H2,24,25,26). The maximum atomic E-state index is 5.42. The molecular formula is C23H32N4O. The molecule has 2 atom stereocenters. The Labute approximate surface area is 168 Å². The van der Waals surface area contributed by atoms with Crippen molar-refractivity contribution >= 4 is 5.96 Å². The van der Waals surface area contributed by atoms with Crippen LogP contribution >= 0.6 is 0 Å². The SMILES string of the molecule is CC1CC1NC(=NCCc1ccco1)NC1CCN(Cc2ccccc2)CC1. The summed E-state index contributed by atoms with van der Waals surface area (Å²) in [6.07, 6.45) is 6.13. The Bertz CT molecular complexity index is 735. The largest absolute Gasteiger partial charge is 0.469 e. The molecule has 0 spiro atoms. The van der Waals surface area contributed by atoms with Crippen LogP contribution in [0.1, 0.15) is 37.5 Å². The van der Waals surface area contributed by atoms with E-state index in [4.69, 9.17) is 9.41 Å². The van der Waals surface area contributed by atoms with Gasteiger partial charge in [0.1, 0.15) is 5.76 Å². The number of nitrogens with zero attached hydrogens (tertiary/aromatic N) is 2. The van der Waals surface area contributed by atoms with E-state index in [-0.39, 0.29) is 0 Å². The Hall–Kier alpha value is -2.27. The van der Waals surface area contributed by atoms with Crippen molar-refractivity contribution in [3.63, 3.8) is 0 Å². The van der Waals surface area contributed by atoms with E-state index in [9.17, 15) is 0 Å². The molecule has 1 saturated carbocycles. The number of piperidine rings is 1. The van der Waals surface area contributed by atoms with Gasteiger partial charge in [0.15, 0.2) is 5.96 Å². The highest BCUT2D eigenvalue weighted by molar-refractivity contribution is 5.80. The third-order valence-corrected chi connectivity index (χ3v) is 5.82. The highest BCUT2D eigenvalue weighted by Gasteiger charge is 2.33. The van der Waals surface area contributed by atoms with Gasteiger partial charge in [-0.1, -0.05) is 37.3 Å². The minimum atomic E-state index is 0.496. The number of nitrogens with one attached hydrogen (secondary N) is 2. The van der Waals surface area contributed by atoms with Gasteiger partial charge in [-0.25, -0.2) is 0 Å². The van der Waals surface area contributed by atoms with E-state index in [1.54, 1.807) is 6.26 Å². The number of benzene rings is 1. The van der Waals surface area contributed by atoms with Crippen molar-refractivity contribution in [1.82, 2.24) is 15.5 Å². The summed E-state index contributed by atoms with van der Waals surface area (Å²) in [5.41, 5.74) is 1.40. The number of likely N-dealkylation sites (tertiary alicyclic amines) is 1. The van der Waals surface area contributed by atoms with E-state index in [0.29, 0.717) is 12.1 Å². The molecule has 1 aromatic heterocycles. The molecule has 0 amide bonds. The average Bonchev–Trinajstić information content (AvgIpc) is 3.17. The van der Waals surface area contributed by atoms with Gasteiger partial charge < -0.3 is 15.1 Å². The van der Waals surface area contributed by atoms with Gasteiger partial charge in [0.05, 0.1) is 6.26 Å². The molecule has 5 heteroatoms. The summed E-state index contributed by atoms with van der Waals surface area (Å²) in [6.45, 7) is 6.35. The topological polar surface area (TPSA) is 52.8 Å². The zero-order valence-corrected chi connectivity index (χ0v) is 16.8. The first-order chi connectivity index (χ1) is 13.8. The molecule has 2 aliphatic rings. The first kappa shape index (κ1) is 19.1. The van der Waals surface area contributed by atoms with Crippen LogP contribution in [-0.2, 0) is 13.0 Å².